The summed E-state index contributed by atoms with van der Waals surface area (Å²) in [7, 11) is -3.74. The highest BCUT2D eigenvalue weighted by molar-refractivity contribution is 7.92. The molecule has 2 aromatic carbocycles. The molecule has 0 spiro atoms. The first-order valence-electron chi connectivity index (χ1n) is 9.57. The van der Waals surface area contributed by atoms with E-state index < -0.39 is 10.0 Å². The molecule has 0 saturated carbocycles. The minimum absolute atomic E-state index is 0.0941. The molecule has 10 heteroatoms. The van der Waals surface area contributed by atoms with Crippen molar-refractivity contribution in [1.82, 2.24) is 15.0 Å². The number of halogens is 1. The molecule has 4 rings (SSSR count). The number of benzene rings is 2. The molecule has 0 aliphatic heterocycles. The molecule has 0 saturated heterocycles. The van der Waals surface area contributed by atoms with Gasteiger partial charge in [0.2, 0.25) is 0 Å². The van der Waals surface area contributed by atoms with Crippen LogP contribution in [0, 0.1) is 6.92 Å². The van der Waals surface area contributed by atoms with Crippen LogP contribution in [0.1, 0.15) is 5.82 Å². The Balaban J connectivity index is 1.47. The number of anilines is 5. The second kappa shape index (κ2) is 9.21. The number of aromatic nitrogens is 3. The first-order chi connectivity index (χ1) is 15.4. The first-order valence-corrected chi connectivity index (χ1v) is 11.4. The van der Waals surface area contributed by atoms with Gasteiger partial charge < -0.3 is 10.6 Å². The van der Waals surface area contributed by atoms with Crippen LogP contribution >= 0.6 is 11.6 Å². The van der Waals surface area contributed by atoms with E-state index in [1.54, 1.807) is 55.6 Å². The average molecular weight is 467 g/mol. The second-order valence-electron chi connectivity index (χ2n) is 6.79. The van der Waals surface area contributed by atoms with Crippen LogP contribution in [0.5, 0.6) is 0 Å². The van der Waals surface area contributed by atoms with E-state index in [0.717, 1.165) is 5.69 Å². The van der Waals surface area contributed by atoms with Crippen molar-refractivity contribution in [3.8, 4) is 0 Å². The van der Waals surface area contributed by atoms with E-state index in [1.807, 2.05) is 18.2 Å². The molecule has 32 heavy (non-hydrogen) atoms. The lowest BCUT2D eigenvalue weighted by Gasteiger charge is -2.11. The van der Waals surface area contributed by atoms with Gasteiger partial charge >= 0.3 is 0 Å². The largest absolute Gasteiger partial charge is 0.340 e. The third kappa shape index (κ3) is 5.51. The second-order valence-corrected chi connectivity index (χ2v) is 8.91. The summed E-state index contributed by atoms with van der Waals surface area (Å²) in [6.45, 7) is 1.79. The zero-order valence-corrected chi connectivity index (χ0v) is 18.5. The van der Waals surface area contributed by atoms with Crippen LogP contribution in [-0.2, 0) is 10.0 Å². The highest BCUT2D eigenvalue weighted by Crippen LogP contribution is 2.23. The number of aryl methyl sites for hydroxylation is 1. The van der Waals surface area contributed by atoms with E-state index in [2.05, 4.69) is 30.3 Å². The van der Waals surface area contributed by atoms with Crippen molar-refractivity contribution in [2.24, 2.45) is 0 Å². The monoisotopic (exact) mass is 466 g/mol. The lowest BCUT2D eigenvalue weighted by molar-refractivity contribution is 0.601. The number of hydrogen-bond donors (Lipinski definition) is 3. The van der Waals surface area contributed by atoms with E-state index >= 15 is 0 Å². The molecule has 0 aliphatic carbocycles. The Bertz CT molecular complexity index is 1330. The van der Waals surface area contributed by atoms with Crippen LogP contribution < -0.4 is 15.4 Å². The molecule has 0 atom stereocenters. The summed E-state index contributed by atoms with van der Waals surface area (Å²) in [6, 6.07) is 20.2. The standard InChI is InChI=1S/C22H19ClN6O2S/c1-15-25-21(14-22(26-15)28-20-7-2-3-12-24-20)27-17-8-10-18(11-9-17)29-32(30,31)19-6-4-5-16(23)13-19/h2-14,29H,1H3,(H2,24,25,26,27,28). The maximum Gasteiger partial charge on any atom is 0.261 e. The van der Waals surface area contributed by atoms with E-state index in [-0.39, 0.29) is 4.90 Å². The van der Waals surface area contributed by atoms with Gasteiger partial charge in [0.15, 0.2) is 0 Å². The predicted octanol–water partition coefficient (Wildman–Crippen LogP) is 5.12. The summed E-state index contributed by atoms with van der Waals surface area (Å²) in [5.41, 5.74) is 1.16. The molecule has 0 fully saturated rings. The Kier molecular flexibility index (Phi) is 6.20. The van der Waals surface area contributed by atoms with Gasteiger partial charge in [-0.2, -0.15) is 0 Å². The zero-order valence-electron chi connectivity index (χ0n) is 16.9. The molecular formula is C22H19ClN6O2S. The smallest absolute Gasteiger partial charge is 0.261 e. The van der Waals surface area contributed by atoms with Crippen molar-refractivity contribution in [2.75, 3.05) is 15.4 Å². The maximum absolute atomic E-state index is 12.5. The van der Waals surface area contributed by atoms with Crippen molar-refractivity contribution < 1.29 is 8.42 Å². The number of rotatable bonds is 7. The van der Waals surface area contributed by atoms with Crippen molar-refractivity contribution >= 4 is 50.5 Å². The Morgan fingerprint density at radius 2 is 1.50 bits per heavy atom. The number of pyridine rings is 1. The van der Waals surface area contributed by atoms with Crippen LogP contribution in [0.15, 0.2) is 83.9 Å². The lowest BCUT2D eigenvalue weighted by atomic mass is 10.3. The normalized spacial score (nSPS) is 11.1. The predicted molar refractivity (Wildman–Crippen MR) is 126 cm³/mol. The van der Waals surface area contributed by atoms with Crippen LogP contribution in [-0.4, -0.2) is 23.4 Å². The molecule has 0 unspecified atom stereocenters. The van der Waals surface area contributed by atoms with Gasteiger partial charge in [0.05, 0.1) is 4.90 Å². The highest BCUT2D eigenvalue weighted by atomic mass is 35.5. The molecule has 162 valence electrons. The quantitative estimate of drug-likeness (QED) is 0.346. The fraction of sp³-hybridized carbons (Fsp3) is 0.0455. The molecule has 0 amide bonds. The van der Waals surface area contributed by atoms with Gasteiger partial charge in [-0.25, -0.2) is 23.4 Å². The lowest BCUT2D eigenvalue weighted by Crippen LogP contribution is -2.12. The molecular weight excluding hydrogens is 448 g/mol. The van der Waals surface area contributed by atoms with E-state index in [9.17, 15) is 8.42 Å². The maximum atomic E-state index is 12.5. The third-order valence-electron chi connectivity index (χ3n) is 4.27. The van der Waals surface area contributed by atoms with Gasteiger partial charge in [0.1, 0.15) is 23.3 Å². The number of nitrogens with one attached hydrogen (secondary N) is 3. The fourth-order valence-electron chi connectivity index (χ4n) is 2.88. The van der Waals surface area contributed by atoms with Crippen LogP contribution in [0.3, 0.4) is 0 Å². The summed E-state index contributed by atoms with van der Waals surface area (Å²) in [4.78, 5) is 13.1. The molecule has 8 nitrogen and oxygen atoms in total. The van der Waals surface area contributed by atoms with Gasteiger partial charge in [0.25, 0.3) is 10.0 Å². The molecule has 0 bridgehead atoms. The van der Waals surface area contributed by atoms with Crippen molar-refractivity contribution in [3.05, 3.63) is 89.8 Å². The van der Waals surface area contributed by atoms with Crippen molar-refractivity contribution in [2.45, 2.75) is 11.8 Å². The molecule has 4 aromatic rings. The van der Waals surface area contributed by atoms with Gasteiger partial charge in [-0.05, 0) is 61.5 Å². The molecule has 2 heterocycles. The number of nitrogens with zero attached hydrogens (tertiary/aromatic N) is 3. The van der Waals surface area contributed by atoms with E-state index in [1.165, 1.54) is 12.1 Å². The Labute approximate surface area is 190 Å². The van der Waals surface area contributed by atoms with Gasteiger partial charge in [-0.1, -0.05) is 23.7 Å². The Hall–Kier alpha value is -3.69. The van der Waals surface area contributed by atoms with Crippen LogP contribution in [0.2, 0.25) is 5.02 Å². The topological polar surface area (TPSA) is 109 Å². The highest BCUT2D eigenvalue weighted by Gasteiger charge is 2.14. The summed E-state index contributed by atoms with van der Waals surface area (Å²) in [6.07, 6.45) is 1.69. The minimum atomic E-state index is -3.74. The minimum Gasteiger partial charge on any atom is -0.340 e. The van der Waals surface area contributed by atoms with Gasteiger partial charge in [-0.15, -0.1) is 0 Å². The van der Waals surface area contributed by atoms with Crippen molar-refractivity contribution in [1.29, 1.82) is 0 Å². The Morgan fingerprint density at radius 3 is 2.19 bits per heavy atom. The SMILES string of the molecule is Cc1nc(Nc2ccc(NS(=O)(=O)c3cccc(Cl)c3)cc2)cc(Nc2ccccn2)n1. The third-order valence-corrected chi connectivity index (χ3v) is 5.89. The summed E-state index contributed by atoms with van der Waals surface area (Å²) in [5.74, 6) is 2.44. The summed E-state index contributed by atoms with van der Waals surface area (Å²) in [5, 5.41) is 6.68. The fourth-order valence-corrected chi connectivity index (χ4v) is 4.24. The van der Waals surface area contributed by atoms with Crippen LogP contribution in [0.25, 0.3) is 0 Å². The average Bonchev–Trinajstić information content (AvgIpc) is 2.75. The molecule has 2 aromatic heterocycles. The Morgan fingerprint density at radius 1 is 0.781 bits per heavy atom. The van der Waals surface area contributed by atoms with E-state index in [4.69, 9.17) is 11.6 Å². The zero-order chi connectivity index (χ0) is 22.6. The van der Waals surface area contributed by atoms with Gasteiger partial charge in [0, 0.05) is 28.7 Å². The molecule has 0 aliphatic rings. The summed E-state index contributed by atoms with van der Waals surface area (Å²) >= 11 is 5.90. The number of sulfonamides is 1. The molecule has 0 radical (unpaired) electrons. The molecule has 3 N–H and O–H groups in total. The first kappa shape index (κ1) is 21.5. The number of hydrogen-bond acceptors (Lipinski definition) is 7. The van der Waals surface area contributed by atoms with Gasteiger partial charge in [-0.3, -0.25) is 4.72 Å². The van der Waals surface area contributed by atoms with Crippen molar-refractivity contribution in [3.63, 3.8) is 0 Å². The van der Waals surface area contributed by atoms with E-state index in [0.29, 0.717) is 34.0 Å². The van der Waals surface area contributed by atoms with Crippen LogP contribution in [0.4, 0.5) is 28.8 Å². The summed E-state index contributed by atoms with van der Waals surface area (Å²) < 4.78 is 27.6.